The van der Waals surface area contributed by atoms with Crippen molar-refractivity contribution in [1.29, 1.82) is 0 Å². The van der Waals surface area contributed by atoms with Crippen LogP contribution in [0.5, 0.6) is 0 Å². The lowest BCUT2D eigenvalue weighted by Gasteiger charge is -2.28. The Bertz CT molecular complexity index is 742. The topological polar surface area (TPSA) is 48.9 Å². The second-order valence-corrected chi connectivity index (χ2v) is 6.44. The van der Waals surface area contributed by atoms with Gasteiger partial charge in [0.1, 0.15) is 5.82 Å². The third-order valence-corrected chi connectivity index (χ3v) is 4.43. The van der Waals surface area contributed by atoms with Crippen molar-refractivity contribution < 1.29 is 9.13 Å². The van der Waals surface area contributed by atoms with Gasteiger partial charge in [-0.15, -0.1) is 0 Å². The molecule has 0 aromatic heterocycles. The predicted molar refractivity (Wildman–Crippen MR) is 108 cm³/mol. The van der Waals surface area contributed by atoms with E-state index in [0.29, 0.717) is 13.1 Å². The fraction of sp³-hybridized carbons (Fsp3) is 0.381. The van der Waals surface area contributed by atoms with Crippen molar-refractivity contribution in [3.05, 3.63) is 65.5 Å². The standard InChI is InChI=1S/C21H27FN4O/c1-2-23-21(25-16-18-4-3-5-19(22)14-18)24-15-17-6-8-20(9-7-17)26-10-12-27-13-11-26/h3-9,14H,2,10-13,15-16H2,1H3,(H2,23,24,25). The molecule has 0 saturated carbocycles. The molecule has 0 spiro atoms. The molecule has 144 valence electrons. The van der Waals surface area contributed by atoms with Crippen LogP contribution in [0.1, 0.15) is 18.1 Å². The Morgan fingerprint density at radius 1 is 1.07 bits per heavy atom. The van der Waals surface area contributed by atoms with Crippen molar-refractivity contribution in [2.75, 3.05) is 37.7 Å². The Morgan fingerprint density at radius 3 is 2.56 bits per heavy atom. The van der Waals surface area contributed by atoms with Crippen LogP contribution >= 0.6 is 0 Å². The van der Waals surface area contributed by atoms with Crippen LogP contribution in [-0.2, 0) is 17.8 Å². The first-order chi connectivity index (χ1) is 13.2. The molecule has 0 unspecified atom stereocenters. The van der Waals surface area contributed by atoms with E-state index in [9.17, 15) is 4.39 Å². The van der Waals surface area contributed by atoms with Crippen LogP contribution in [0.25, 0.3) is 0 Å². The van der Waals surface area contributed by atoms with Crippen molar-refractivity contribution in [1.82, 2.24) is 10.6 Å². The summed E-state index contributed by atoms with van der Waals surface area (Å²) in [6.45, 7) is 7.36. The molecule has 0 amide bonds. The number of anilines is 1. The highest BCUT2D eigenvalue weighted by atomic mass is 19.1. The van der Waals surface area contributed by atoms with E-state index in [0.717, 1.165) is 44.4 Å². The van der Waals surface area contributed by atoms with E-state index in [2.05, 4.69) is 44.8 Å². The minimum absolute atomic E-state index is 0.235. The minimum atomic E-state index is -0.235. The monoisotopic (exact) mass is 370 g/mol. The van der Waals surface area contributed by atoms with E-state index < -0.39 is 0 Å². The van der Waals surface area contributed by atoms with Gasteiger partial charge in [0, 0.05) is 31.9 Å². The number of morpholine rings is 1. The van der Waals surface area contributed by atoms with Gasteiger partial charge in [0.25, 0.3) is 0 Å². The van der Waals surface area contributed by atoms with Crippen molar-refractivity contribution in [2.45, 2.75) is 20.0 Å². The van der Waals surface area contributed by atoms with Crippen molar-refractivity contribution in [3.63, 3.8) is 0 Å². The van der Waals surface area contributed by atoms with Crippen LogP contribution in [-0.4, -0.2) is 38.8 Å². The second-order valence-electron chi connectivity index (χ2n) is 6.44. The maximum Gasteiger partial charge on any atom is 0.191 e. The van der Waals surface area contributed by atoms with Crippen molar-refractivity contribution >= 4 is 11.6 Å². The number of halogens is 1. The van der Waals surface area contributed by atoms with E-state index in [4.69, 9.17) is 4.74 Å². The summed E-state index contributed by atoms with van der Waals surface area (Å²) in [4.78, 5) is 6.88. The van der Waals surface area contributed by atoms with Crippen molar-refractivity contribution in [2.24, 2.45) is 4.99 Å². The molecule has 1 aliphatic rings. The lowest BCUT2D eigenvalue weighted by Crippen LogP contribution is -2.37. The number of guanidine groups is 1. The number of hydrogen-bond acceptors (Lipinski definition) is 3. The van der Waals surface area contributed by atoms with Gasteiger partial charge < -0.3 is 20.3 Å². The highest BCUT2D eigenvalue weighted by Gasteiger charge is 2.10. The summed E-state index contributed by atoms with van der Waals surface area (Å²) < 4.78 is 18.7. The summed E-state index contributed by atoms with van der Waals surface area (Å²) in [5, 5.41) is 6.56. The molecule has 27 heavy (non-hydrogen) atoms. The van der Waals surface area contributed by atoms with Crippen LogP contribution in [0.2, 0.25) is 0 Å². The molecule has 2 N–H and O–H groups in total. The predicted octanol–water partition coefficient (Wildman–Crippen LogP) is 2.92. The lowest BCUT2D eigenvalue weighted by atomic mass is 10.2. The van der Waals surface area contributed by atoms with Crippen LogP contribution in [0.15, 0.2) is 53.5 Å². The Labute approximate surface area is 160 Å². The van der Waals surface area contributed by atoms with Gasteiger partial charge in [-0.3, -0.25) is 0 Å². The third-order valence-electron chi connectivity index (χ3n) is 4.43. The molecule has 2 aromatic rings. The van der Waals surface area contributed by atoms with Crippen molar-refractivity contribution in [3.8, 4) is 0 Å². The summed E-state index contributed by atoms with van der Waals surface area (Å²) in [5.74, 6) is 0.486. The Balaban J connectivity index is 1.56. The molecule has 2 aromatic carbocycles. The molecule has 1 saturated heterocycles. The minimum Gasteiger partial charge on any atom is -0.378 e. The molecule has 0 atom stereocenters. The van der Waals surface area contributed by atoms with E-state index in [1.165, 1.54) is 23.4 Å². The number of benzene rings is 2. The molecule has 1 heterocycles. The lowest BCUT2D eigenvalue weighted by molar-refractivity contribution is 0.122. The number of nitrogens with zero attached hydrogens (tertiary/aromatic N) is 2. The highest BCUT2D eigenvalue weighted by molar-refractivity contribution is 5.79. The van der Waals surface area contributed by atoms with Gasteiger partial charge in [0.2, 0.25) is 0 Å². The zero-order valence-electron chi connectivity index (χ0n) is 15.7. The smallest absolute Gasteiger partial charge is 0.191 e. The molecule has 5 nitrogen and oxygen atoms in total. The van der Waals surface area contributed by atoms with Gasteiger partial charge >= 0.3 is 0 Å². The zero-order chi connectivity index (χ0) is 18.9. The molecular formula is C21H27FN4O. The van der Waals surface area contributed by atoms with Crippen LogP contribution in [0.4, 0.5) is 10.1 Å². The molecule has 1 fully saturated rings. The second kappa shape index (κ2) is 9.92. The molecule has 0 bridgehead atoms. The normalized spacial score (nSPS) is 14.9. The number of aliphatic imine (C=N–C) groups is 1. The number of nitrogens with one attached hydrogen (secondary N) is 2. The SMILES string of the molecule is CCNC(=NCc1cccc(F)c1)NCc1ccc(N2CCOCC2)cc1. The molecule has 0 aliphatic carbocycles. The fourth-order valence-corrected chi connectivity index (χ4v) is 2.98. The zero-order valence-corrected chi connectivity index (χ0v) is 15.7. The van der Waals surface area contributed by atoms with Gasteiger partial charge in [-0.1, -0.05) is 24.3 Å². The molecule has 3 rings (SSSR count). The van der Waals surface area contributed by atoms with E-state index >= 15 is 0 Å². The summed E-state index contributed by atoms with van der Waals surface area (Å²) in [7, 11) is 0. The Morgan fingerprint density at radius 2 is 1.85 bits per heavy atom. The van der Waals surface area contributed by atoms with Gasteiger partial charge in [-0.05, 0) is 42.3 Å². The van der Waals surface area contributed by atoms with Crippen LogP contribution in [0, 0.1) is 5.82 Å². The Hall–Kier alpha value is -2.60. The highest BCUT2D eigenvalue weighted by Crippen LogP contribution is 2.16. The summed E-state index contributed by atoms with van der Waals surface area (Å²) >= 11 is 0. The largest absolute Gasteiger partial charge is 0.378 e. The van der Waals surface area contributed by atoms with Gasteiger partial charge in [-0.25, -0.2) is 9.38 Å². The molecule has 0 radical (unpaired) electrons. The first-order valence-electron chi connectivity index (χ1n) is 9.43. The Kier molecular flexibility index (Phi) is 7.04. The molecular weight excluding hydrogens is 343 g/mol. The first-order valence-corrected chi connectivity index (χ1v) is 9.43. The molecule has 6 heteroatoms. The average Bonchev–Trinajstić information content (AvgIpc) is 2.71. The summed E-state index contributed by atoms with van der Waals surface area (Å²) in [6, 6.07) is 15.1. The maximum atomic E-state index is 13.3. The first kappa shape index (κ1) is 19.2. The van der Waals surface area contributed by atoms with Gasteiger partial charge in [-0.2, -0.15) is 0 Å². The van der Waals surface area contributed by atoms with Crippen LogP contribution in [0.3, 0.4) is 0 Å². The summed E-state index contributed by atoms with van der Waals surface area (Å²) in [5.41, 5.74) is 3.26. The molecule has 1 aliphatic heterocycles. The summed E-state index contributed by atoms with van der Waals surface area (Å²) in [6.07, 6.45) is 0. The average molecular weight is 370 g/mol. The number of hydrogen-bond donors (Lipinski definition) is 2. The van der Waals surface area contributed by atoms with E-state index in [1.807, 2.05) is 13.0 Å². The maximum absolute atomic E-state index is 13.3. The van der Waals surface area contributed by atoms with Crippen LogP contribution < -0.4 is 15.5 Å². The number of rotatable bonds is 6. The van der Waals surface area contributed by atoms with Gasteiger partial charge in [0.05, 0.1) is 19.8 Å². The van der Waals surface area contributed by atoms with E-state index in [-0.39, 0.29) is 5.82 Å². The third kappa shape index (κ3) is 5.96. The van der Waals surface area contributed by atoms with E-state index in [1.54, 1.807) is 6.07 Å². The fourth-order valence-electron chi connectivity index (χ4n) is 2.98. The quantitative estimate of drug-likeness (QED) is 0.606. The van der Waals surface area contributed by atoms with Gasteiger partial charge in [0.15, 0.2) is 5.96 Å². The number of ether oxygens (including phenoxy) is 1.